The predicted molar refractivity (Wildman–Crippen MR) is 99.9 cm³/mol. The van der Waals surface area contributed by atoms with Gasteiger partial charge in [-0.2, -0.15) is 0 Å². The number of nitrogens with zero attached hydrogens (tertiary/aromatic N) is 1. The Morgan fingerprint density at radius 3 is 2.12 bits per heavy atom. The van der Waals surface area contributed by atoms with Crippen LogP contribution in [0.15, 0.2) is 42.5 Å². The Bertz CT molecular complexity index is 846. The van der Waals surface area contributed by atoms with Gasteiger partial charge < -0.3 is 4.74 Å². The summed E-state index contributed by atoms with van der Waals surface area (Å²) < 4.78 is 30.5. The molecule has 0 saturated heterocycles. The minimum absolute atomic E-state index is 0.0178. The Morgan fingerprint density at radius 1 is 1.08 bits per heavy atom. The maximum atomic E-state index is 12.2. The molecule has 0 amide bonds. The van der Waals surface area contributed by atoms with E-state index in [-0.39, 0.29) is 13.2 Å². The number of halogens is 2. The molecule has 0 heterocycles. The van der Waals surface area contributed by atoms with Gasteiger partial charge in [0.25, 0.3) is 0 Å². The Balaban J connectivity index is 2.38. The van der Waals surface area contributed by atoms with Gasteiger partial charge in [-0.15, -0.1) is 0 Å². The summed E-state index contributed by atoms with van der Waals surface area (Å²) in [5.41, 5.74) is 1.24. The van der Waals surface area contributed by atoms with Crippen LogP contribution in [0.3, 0.4) is 0 Å². The molecular formula is C17H17Cl2NO4S. The fourth-order valence-corrected chi connectivity index (χ4v) is 3.59. The molecule has 0 saturated carbocycles. The molecule has 2 rings (SSSR count). The molecule has 8 heteroatoms. The van der Waals surface area contributed by atoms with Crippen molar-refractivity contribution in [3.8, 4) is 0 Å². The van der Waals surface area contributed by atoms with Crippen LogP contribution in [-0.2, 0) is 21.3 Å². The second-order valence-corrected chi connectivity index (χ2v) is 7.96. The molecule has 25 heavy (non-hydrogen) atoms. The number of anilines is 1. The second-order valence-electron chi connectivity index (χ2n) is 5.24. The van der Waals surface area contributed by atoms with Crippen LogP contribution in [0.1, 0.15) is 22.8 Å². The zero-order valence-electron chi connectivity index (χ0n) is 13.7. The minimum Gasteiger partial charge on any atom is -0.462 e. The number of hydrogen-bond donors (Lipinski definition) is 0. The summed E-state index contributed by atoms with van der Waals surface area (Å²) in [5.74, 6) is -0.464. The van der Waals surface area contributed by atoms with Crippen LogP contribution in [0.2, 0.25) is 10.0 Å². The molecule has 0 fully saturated rings. The summed E-state index contributed by atoms with van der Waals surface area (Å²) in [6.07, 6.45) is 1.09. The molecule has 0 aliphatic heterocycles. The zero-order valence-corrected chi connectivity index (χ0v) is 16.0. The maximum absolute atomic E-state index is 12.2. The Kier molecular flexibility index (Phi) is 6.32. The molecule has 0 aliphatic rings. The van der Waals surface area contributed by atoms with Crippen molar-refractivity contribution >= 4 is 44.9 Å². The van der Waals surface area contributed by atoms with Gasteiger partial charge in [-0.05, 0) is 43.3 Å². The average Bonchev–Trinajstić information content (AvgIpc) is 2.54. The third kappa shape index (κ3) is 4.87. The average molecular weight is 402 g/mol. The van der Waals surface area contributed by atoms with E-state index >= 15 is 0 Å². The normalized spacial score (nSPS) is 11.2. The van der Waals surface area contributed by atoms with E-state index in [0.29, 0.717) is 26.9 Å². The van der Waals surface area contributed by atoms with Crippen LogP contribution < -0.4 is 4.31 Å². The summed E-state index contributed by atoms with van der Waals surface area (Å²) in [6, 6.07) is 11.1. The fraction of sp³-hybridized carbons (Fsp3) is 0.235. The van der Waals surface area contributed by atoms with Gasteiger partial charge in [0, 0.05) is 15.6 Å². The Labute approximate surface area is 157 Å². The van der Waals surface area contributed by atoms with Gasteiger partial charge in [0.15, 0.2) is 0 Å². The molecule has 0 bridgehead atoms. The van der Waals surface area contributed by atoms with E-state index in [4.69, 9.17) is 27.9 Å². The number of sulfonamides is 1. The van der Waals surface area contributed by atoms with Crippen LogP contribution in [0.4, 0.5) is 5.69 Å². The lowest BCUT2D eigenvalue weighted by Gasteiger charge is -2.23. The highest BCUT2D eigenvalue weighted by atomic mass is 35.5. The third-order valence-electron chi connectivity index (χ3n) is 3.43. The molecule has 0 N–H and O–H groups in total. The molecule has 2 aromatic carbocycles. The molecule has 0 atom stereocenters. The zero-order chi connectivity index (χ0) is 18.6. The number of hydrogen-bond acceptors (Lipinski definition) is 4. The van der Waals surface area contributed by atoms with Gasteiger partial charge in [-0.25, -0.2) is 13.2 Å². The van der Waals surface area contributed by atoms with Crippen LogP contribution in [-0.4, -0.2) is 27.2 Å². The van der Waals surface area contributed by atoms with E-state index in [0.717, 1.165) is 6.26 Å². The molecule has 0 unspecified atom stereocenters. The molecule has 5 nitrogen and oxygen atoms in total. The van der Waals surface area contributed by atoms with Gasteiger partial charge in [0.05, 0.1) is 30.7 Å². The van der Waals surface area contributed by atoms with Gasteiger partial charge in [0.1, 0.15) is 0 Å². The number of carbonyl (C=O) groups is 1. The van der Waals surface area contributed by atoms with Crippen LogP contribution in [0.5, 0.6) is 0 Å². The molecule has 134 valence electrons. The van der Waals surface area contributed by atoms with Crippen LogP contribution >= 0.6 is 23.2 Å². The van der Waals surface area contributed by atoms with E-state index in [1.54, 1.807) is 25.1 Å². The van der Waals surface area contributed by atoms with Crippen LogP contribution in [0.25, 0.3) is 0 Å². The van der Waals surface area contributed by atoms with E-state index in [2.05, 4.69) is 0 Å². The van der Waals surface area contributed by atoms with E-state index < -0.39 is 16.0 Å². The van der Waals surface area contributed by atoms with Crippen molar-refractivity contribution in [1.29, 1.82) is 0 Å². The van der Waals surface area contributed by atoms with Crippen molar-refractivity contribution in [2.24, 2.45) is 0 Å². The summed E-state index contributed by atoms with van der Waals surface area (Å²) in [4.78, 5) is 11.7. The van der Waals surface area contributed by atoms with E-state index in [9.17, 15) is 13.2 Å². The standard InChI is InChI=1S/C17H17Cl2NO4S/c1-3-24-17(21)12-7-9-13(10-8-12)20(25(2,22)23)11-14-15(18)5-4-6-16(14)19/h4-10H,3,11H2,1-2H3. The van der Waals surface area contributed by atoms with Crippen molar-refractivity contribution < 1.29 is 17.9 Å². The molecule has 0 spiro atoms. The van der Waals surface area contributed by atoms with E-state index in [1.807, 2.05) is 0 Å². The highest BCUT2D eigenvalue weighted by molar-refractivity contribution is 7.92. The molecular weight excluding hydrogens is 385 g/mol. The van der Waals surface area contributed by atoms with E-state index in [1.165, 1.54) is 28.6 Å². The third-order valence-corrected chi connectivity index (χ3v) is 5.28. The molecule has 0 radical (unpaired) electrons. The number of esters is 1. The predicted octanol–water partition coefficient (Wildman–Crippen LogP) is 4.14. The SMILES string of the molecule is CCOC(=O)c1ccc(N(Cc2c(Cl)cccc2Cl)S(C)(=O)=O)cc1. The monoisotopic (exact) mass is 401 g/mol. The van der Waals surface area contributed by atoms with Crippen molar-refractivity contribution in [3.63, 3.8) is 0 Å². The highest BCUT2D eigenvalue weighted by Gasteiger charge is 2.21. The Hall–Kier alpha value is -1.76. The number of carbonyl (C=O) groups excluding carboxylic acids is 1. The van der Waals surface area contributed by atoms with Gasteiger partial charge >= 0.3 is 5.97 Å². The van der Waals surface area contributed by atoms with Crippen molar-refractivity contribution in [2.75, 3.05) is 17.2 Å². The summed E-state index contributed by atoms with van der Waals surface area (Å²) in [7, 11) is -3.59. The van der Waals surface area contributed by atoms with Gasteiger partial charge in [-0.1, -0.05) is 29.3 Å². The molecule has 0 aromatic heterocycles. The van der Waals surface area contributed by atoms with Gasteiger partial charge in [-0.3, -0.25) is 4.31 Å². The number of rotatable bonds is 6. The largest absolute Gasteiger partial charge is 0.462 e. The lowest BCUT2D eigenvalue weighted by Crippen LogP contribution is -2.29. The van der Waals surface area contributed by atoms with Crippen molar-refractivity contribution in [1.82, 2.24) is 0 Å². The number of benzene rings is 2. The lowest BCUT2D eigenvalue weighted by atomic mass is 10.2. The quantitative estimate of drug-likeness (QED) is 0.682. The Morgan fingerprint density at radius 2 is 1.64 bits per heavy atom. The van der Waals surface area contributed by atoms with Gasteiger partial charge in [0.2, 0.25) is 10.0 Å². The molecule has 0 aliphatic carbocycles. The number of ether oxygens (including phenoxy) is 1. The molecule has 2 aromatic rings. The lowest BCUT2D eigenvalue weighted by molar-refractivity contribution is 0.0526. The first-order chi connectivity index (χ1) is 11.7. The van der Waals surface area contributed by atoms with Crippen molar-refractivity contribution in [3.05, 3.63) is 63.6 Å². The summed E-state index contributed by atoms with van der Waals surface area (Å²) in [6.45, 7) is 1.96. The first-order valence-electron chi connectivity index (χ1n) is 7.41. The highest BCUT2D eigenvalue weighted by Crippen LogP contribution is 2.29. The topological polar surface area (TPSA) is 63.7 Å². The summed E-state index contributed by atoms with van der Waals surface area (Å²) in [5, 5.41) is 0.758. The fourth-order valence-electron chi connectivity index (χ4n) is 2.21. The first-order valence-corrected chi connectivity index (χ1v) is 10.0. The second kappa shape index (κ2) is 8.08. The first kappa shape index (κ1) is 19.6. The van der Waals surface area contributed by atoms with Crippen LogP contribution in [0, 0.1) is 0 Å². The van der Waals surface area contributed by atoms with Crippen molar-refractivity contribution in [2.45, 2.75) is 13.5 Å². The summed E-state index contributed by atoms with van der Waals surface area (Å²) >= 11 is 12.3. The smallest absolute Gasteiger partial charge is 0.338 e. The maximum Gasteiger partial charge on any atom is 0.338 e. The minimum atomic E-state index is -3.59.